The number of nitrogens with two attached hydrogens (primary N) is 1. The van der Waals surface area contributed by atoms with Crippen molar-refractivity contribution in [3.63, 3.8) is 0 Å². The van der Waals surface area contributed by atoms with Gasteiger partial charge in [0.1, 0.15) is 4.21 Å². The molecule has 114 valence electrons. The van der Waals surface area contributed by atoms with E-state index in [1.165, 1.54) is 17.5 Å². The van der Waals surface area contributed by atoms with E-state index in [1.807, 2.05) is 6.07 Å². The number of ether oxygens (including phenoxy) is 1. The third-order valence-electron chi connectivity index (χ3n) is 2.80. The summed E-state index contributed by atoms with van der Waals surface area (Å²) in [5.74, 6) is 0. The summed E-state index contributed by atoms with van der Waals surface area (Å²) in [6.45, 7) is 0.768. The lowest BCUT2D eigenvalue weighted by atomic mass is 10.3. The van der Waals surface area contributed by atoms with Gasteiger partial charge in [0.15, 0.2) is 0 Å². The van der Waals surface area contributed by atoms with Crippen LogP contribution in [0.3, 0.4) is 0 Å². The van der Waals surface area contributed by atoms with E-state index in [-0.39, 0.29) is 17.3 Å². The van der Waals surface area contributed by atoms with E-state index < -0.39 is 10.0 Å². The third kappa shape index (κ3) is 4.01. The van der Waals surface area contributed by atoms with E-state index in [9.17, 15) is 8.42 Å². The maximum atomic E-state index is 12.7. The number of hydrogen-bond acceptors (Lipinski definition) is 6. The van der Waals surface area contributed by atoms with Crippen LogP contribution in [0, 0.1) is 0 Å². The Morgan fingerprint density at radius 3 is 2.81 bits per heavy atom. The average molecular weight is 327 g/mol. The van der Waals surface area contributed by atoms with Gasteiger partial charge in [0.25, 0.3) is 10.0 Å². The molecule has 6 nitrogen and oxygen atoms in total. The molecule has 2 N–H and O–H groups in total. The van der Waals surface area contributed by atoms with Crippen LogP contribution < -0.4 is 5.73 Å². The Morgan fingerprint density at radius 1 is 1.43 bits per heavy atom. The van der Waals surface area contributed by atoms with Crippen LogP contribution in [0.15, 0.2) is 40.1 Å². The predicted octanol–water partition coefficient (Wildman–Crippen LogP) is 1.56. The molecule has 0 atom stereocenters. The van der Waals surface area contributed by atoms with Crippen molar-refractivity contribution in [2.24, 2.45) is 0 Å². The van der Waals surface area contributed by atoms with Gasteiger partial charge in [-0.2, -0.15) is 4.31 Å². The van der Waals surface area contributed by atoms with Crippen LogP contribution in [-0.4, -0.2) is 38.0 Å². The Bertz CT molecular complexity index is 671. The summed E-state index contributed by atoms with van der Waals surface area (Å²) < 4.78 is 31.9. The monoisotopic (exact) mass is 327 g/mol. The maximum absolute atomic E-state index is 12.7. The first-order chi connectivity index (χ1) is 10.0. The molecule has 2 aromatic rings. The van der Waals surface area contributed by atoms with E-state index in [2.05, 4.69) is 4.98 Å². The normalized spacial score (nSPS) is 11.9. The molecular weight excluding hydrogens is 310 g/mol. The molecule has 2 heterocycles. The van der Waals surface area contributed by atoms with Crippen LogP contribution in [0.1, 0.15) is 5.69 Å². The van der Waals surface area contributed by atoms with Gasteiger partial charge in [0.2, 0.25) is 0 Å². The zero-order valence-corrected chi connectivity index (χ0v) is 13.2. The number of thiophene rings is 1. The van der Waals surface area contributed by atoms with Gasteiger partial charge < -0.3 is 10.5 Å². The largest absolute Gasteiger partial charge is 0.398 e. The van der Waals surface area contributed by atoms with Gasteiger partial charge in [-0.05, 0) is 18.2 Å². The number of nitrogens with zero attached hydrogens (tertiary/aromatic N) is 2. The van der Waals surface area contributed by atoms with E-state index >= 15 is 0 Å². The van der Waals surface area contributed by atoms with Crippen LogP contribution in [0.5, 0.6) is 0 Å². The number of sulfonamides is 1. The van der Waals surface area contributed by atoms with Crippen LogP contribution in [0.25, 0.3) is 0 Å². The summed E-state index contributed by atoms with van der Waals surface area (Å²) in [4.78, 5) is 4.17. The molecule has 0 bridgehead atoms. The highest BCUT2D eigenvalue weighted by atomic mass is 32.2. The smallest absolute Gasteiger partial charge is 0.253 e. The summed E-state index contributed by atoms with van der Waals surface area (Å²) in [5, 5.41) is 1.61. The summed E-state index contributed by atoms with van der Waals surface area (Å²) in [7, 11) is -2.06. The summed E-state index contributed by atoms with van der Waals surface area (Å²) in [5.41, 5.74) is 6.75. The lowest BCUT2D eigenvalue weighted by Crippen LogP contribution is -2.33. The van der Waals surface area contributed by atoms with E-state index in [1.54, 1.807) is 23.7 Å². The van der Waals surface area contributed by atoms with Crippen molar-refractivity contribution in [1.29, 1.82) is 0 Å². The molecule has 0 saturated carbocycles. The second-order valence-electron chi connectivity index (χ2n) is 4.35. The molecule has 0 radical (unpaired) electrons. The van der Waals surface area contributed by atoms with Crippen LogP contribution in [0.4, 0.5) is 5.69 Å². The lowest BCUT2D eigenvalue weighted by molar-refractivity contribution is 0.177. The Labute approximate surface area is 128 Å². The van der Waals surface area contributed by atoms with Gasteiger partial charge in [0, 0.05) is 30.9 Å². The molecule has 0 fully saturated rings. The summed E-state index contributed by atoms with van der Waals surface area (Å²) in [6, 6.07) is 6.88. The second kappa shape index (κ2) is 6.99. The van der Waals surface area contributed by atoms with E-state index in [4.69, 9.17) is 10.5 Å². The van der Waals surface area contributed by atoms with E-state index in [0.29, 0.717) is 18.0 Å². The van der Waals surface area contributed by atoms with Gasteiger partial charge in [-0.15, -0.1) is 11.3 Å². The maximum Gasteiger partial charge on any atom is 0.253 e. The first kappa shape index (κ1) is 15.9. The Balaban J connectivity index is 2.26. The van der Waals surface area contributed by atoms with Gasteiger partial charge in [-0.25, -0.2) is 8.42 Å². The molecule has 0 aromatic carbocycles. The molecule has 0 unspecified atom stereocenters. The Kier molecular flexibility index (Phi) is 5.29. The minimum Gasteiger partial charge on any atom is -0.398 e. The number of anilines is 1. The number of nitrogen functional groups attached to an aromatic ring is 1. The van der Waals surface area contributed by atoms with Gasteiger partial charge >= 0.3 is 0 Å². The van der Waals surface area contributed by atoms with Crippen molar-refractivity contribution in [1.82, 2.24) is 9.29 Å². The Morgan fingerprint density at radius 2 is 2.24 bits per heavy atom. The molecule has 0 aliphatic carbocycles. The molecule has 2 aromatic heterocycles. The fraction of sp³-hybridized carbons (Fsp3) is 0.308. The summed E-state index contributed by atoms with van der Waals surface area (Å²) in [6.07, 6.45) is 1.64. The standard InChI is InChI=1S/C13H17N3O3S2/c1-19-7-6-16(9-12-4-2-3-5-15-12)21(17,18)13-8-11(14)10-20-13/h2-5,8,10H,6-7,9,14H2,1H3. The lowest BCUT2D eigenvalue weighted by Gasteiger charge is -2.20. The van der Waals surface area contributed by atoms with Gasteiger partial charge in [0.05, 0.1) is 18.8 Å². The fourth-order valence-corrected chi connectivity index (χ4v) is 4.37. The first-order valence-corrected chi connectivity index (χ1v) is 8.59. The van der Waals surface area contributed by atoms with Crippen molar-refractivity contribution in [3.05, 3.63) is 41.5 Å². The zero-order valence-electron chi connectivity index (χ0n) is 11.6. The minimum atomic E-state index is -3.60. The highest BCUT2D eigenvalue weighted by molar-refractivity contribution is 7.91. The number of methoxy groups -OCH3 is 1. The molecule has 0 spiro atoms. The van der Waals surface area contributed by atoms with Crippen molar-refractivity contribution < 1.29 is 13.2 Å². The number of hydrogen-bond donors (Lipinski definition) is 1. The molecule has 0 saturated heterocycles. The van der Waals surface area contributed by atoms with Crippen LogP contribution >= 0.6 is 11.3 Å². The number of rotatable bonds is 7. The molecule has 8 heteroatoms. The topological polar surface area (TPSA) is 85.5 Å². The fourth-order valence-electron chi connectivity index (χ4n) is 1.74. The van der Waals surface area contributed by atoms with Crippen molar-refractivity contribution >= 4 is 27.0 Å². The zero-order chi connectivity index (χ0) is 15.3. The second-order valence-corrected chi connectivity index (χ2v) is 7.43. The SMILES string of the molecule is COCCN(Cc1ccccn1)S(=O)(=O)c1cc(N)cs1. The first-order valence-electron chi connectivity index (χ1n) is 6.27. The number of pyridine rings is 1. The molecule has 21 heavy (non-hydrogen) atoms. The van der Waals surface area contributed by atoms with Crippen LogP contribution in [-0.2, 0) is 21.3 Å². The average Bonchev–Trinajstić information content (AvgIpc) is 2.92. The molecule has 0 amide bonds. The molecule has 0 aliphatic heterocycles. The predicted molar refractivity (Wildman–Crippen MR) is 82.4 cm³/mol. The quantitative estimate of drug-likeness (QED) is 0.834. The van der Waals surface area contributed by atoms with Gasteiger partial charge in [-0.3, -0.25) is 4.98 Å². The summed E-state index contributed by atoms with van der Waals surface area (Å²) >= 11 is 1.11. The molecular formula is C13H17N3O3S2. The highest BCUT2D eigenvalue weighted by Crippen LogP contribution is 2.25. The molecule has 2 rings (SSSR count). The minimum absolute atomic E-state index is 0.199. The van der Waals surface area contributed by atoms with Crippen molar-refractivity contribution in [3.8, 4) is 0 Å². The van der Waals surface area contributed by atoms with Crippen molar-refractivity contribution in [2.75, 3.05) is 26.0 Å². The Hall–Kier alpha value is -1.48. The number of aromatic nitrogens is 1. The van der Waals surface area contributed by atoms with Crippen molar-refractivity contribution in [2.45, 2.75) is 10.8 Å². The highest BCUT2D eigenvalue weighted by Gasteiger charge is 2.26. The van der Waals surface area contributed by atoms with Crippen LogP contribution in [0.2, 0.25) is 0 Å². The molecule has 0 aliphatic rings. The van der Waals surface area contributed by atoms with Gasteiger partial charge in [-0.1, -0.05) is 6.07 Å². The third-order valence-corrected chi connectivity index (χ3v) is 6.08. The van der Waals surface area contributed by atoms with E-state index in [0.717, 1.165) is 11.3 Å².